The zero-order valence-electron chi connectivity index (χ0n) is 14.9. The van der Waals surface area contributed by atoms with Gasteiger partial charge in [0.2, 0.25) is 5.91 Å². The number of fused-ring (bicyclic) bond motifs is 3. The largest absolute Gasteiger partial charge is 0.356 e. The first-order chi connectivity index (χ1) is 13.1. The van der Waals surface area contributed by atoms with Gasteiger partial charge in [0.15, 0.2) is 0 Å². The van der Waals surface area contributed by atoms with Crippen LogP contribution in [-0.2, 0) is 11.3 Å². The van der Waals surface area contributed by atoms with Crippen molar-refractivity contribution in [3.8, 4) is 0 Å². The quantitative estimate of drug-likeness (QED) is 0.488. The van der Waals surface area contributed by atoms with Gasteiger partial charge in [-0.2, -0.15) is 0 Å². The molecule has 27 heavy (non-hydrogen) atoms. The minimum absolute atomic E-state index is 0.130. The standard InChI is InChI=1S/C22H19N3O2/c1-14-12-24-21-20(14)17-11-15(7-9-18(17)25-22(21)27)8-10-19(26)23-13-16-5-3-2-4-6-16/h2-12,24H,13H2,1H3,(H,23,26)(H,25,27)/b10-8+. The van der Waals surface area contributed by atoms with E-state index in [1.165, 1.54) is 6.08 Å². The SMILES string of the molecule is Cc1c[nH]c2c(=O)[nH]c3ccc(/C=C/C(=O)NCc4ccccc4)cc3c12. The van der Waals surface area contributed by atoms with Crippen LogP contribution in [0.25, 0.3) is 27.9 Å². The lowest BCUT2D eigenvalue weighted by Gasteiger charge is -2.04. The summed E-state index contributed by atoms with van der Waals surface area (Å²) in [5.74, 6) is -0.150. The molecule has 0 bridgehead atoms. The number of hydrogen-bond acceptors (Lipinski definition) is 2. The maximum Gasteiger partial charge on any atom is 0.272 e. The van der Waals surface area contributed by atoms with E-state index in [0.717, 1.165) is 33.0 Å². The summed E-state index contributed by atoms with van der Waals surface area (Å²) in [6, 6.07) is 15.5. The average molecular weight is 357 g/mol. The van der Waals surface area contributed by atoms with Crippen molar-refractivity contribution < 1.29 is 4.79 Å². The van der Waals surface area contributed by atoms with Crippen LogP contribution >= 0.6 is 0 Å². The third-order valence-corrected chi connectivity index (χ3v) is 4.60. The third kappa shape index (κ3) is 3.40. The summed E-state index contributed by atoms with van der Waals surface area (Å²) in [7, 11) is 0. The summed E-state index contributed by atoms with van der Waals surface area (Å²) in [5.41, 5.74) is 4.19. The molecule has 0 aliphatic heterocycles. The zero-order chi connectivity index (χ0) is 18.8. The number of H-pyrrole nitrogens is 2. The van der Waals surface area contributed by atoms with Crippen LogP contribution in [0.1, 0.15) is 16.7 Å². The molecule has 3 N–H and O–H groups in total. The molecule has 0 spiro atoms. The maximum absolute atomic E-state index is 12.1. The van der Waals surface area contributed by atoms with Crippen molar-refractivity contribution in [3.63, 3.8) is 0 Å². The molecule has 0 aliphatic rings. The van der Waals surface area contributed by atoms with E-state index in [9.17, 15) is 9.59 Å². The molecule has 4 rings (SSSR count). The Balaban J connectivity index is 1.58. The second-order valence-electron chi connectivity index (χ2n) is 6.52. The third-order valence-electron chi connectivity index (χ3n) is 4.60. The normalized spacial score (nSPS) is 11.4. The molecule has 2 aromatic heterocycles. The Kier molecular flexibility index (Phi) is 4.34. The summed E-state index contributed by atoms with van der Waals surface area (Å²) < 4.78 is 0. The van der Waals surface area contributed by atoms with Crippen molar-refractivity contribution in [1.29, 1.82) is 0 Å². The highest BCUT2D eigenvalue weighted by molar-refractivity contribution is 6.06. The number of benzene rings is 2. The van der Waals surface area contributed by atoms with Gasteiger partial charge in [0.25, 0.3) is 5.56 Å². The van der Waals surface area contributed by atoms with Crippen molar-refractivity contribution in [2.45, 2.75) is 13.5 Å². The van der Waals surface area contributed by atoms with Crippen LogP contribution in [0.4, 0.5) is 0 Å². The van der Waals surface area contributed by atoms with Crippen LogP contribution < -0.4 is 10.9 Å². The van der Waals surface area contributed by atoms with E-state index in [-0.39, 0.29) is 11.5 Å². The van der Waals surface area contributed by atoms with Gasteiger partial charge in [-0.3, -0.25) is 9.59 Å². The fourth-order valence-electron chi connectivity index (χ4n) is 3.23. The second kappa shape index (κ2) is 6.96. The van der Waals surface area contributed by atoms with Gasteiger partial charge in [0, 0.05) is 35.1 Å². The first-order valence-corrected chi connectivity index (χ1v) is 8.75. The zero-order valence-corrected chi connectivity index (χ0v) is 14.9. The minimum atomic E-state index is -0.150. The Morgan fingerprint density at radius 1 is 1.15 bits per heavy atom. The molecule has 0 saturated heterocycles. The van der Waals surface area contributed by atoms with Crippen molar-refractivity contribution in [2.75, 3.05) is 0 Å². The van der Waals surface area contributed by atoms with E-state index in [1.807, 2.05) is 61.7 Å². The molecule has 0 unspecified atom stereocenters. The average Bonchev–Trinajstić information content (AvgIpc) is 3.08. The fraction of sp³-hybridized carbons (Fsp3) is 0.0909. The summed E-state index contributed by atoms with van der Waals surface area (Å²) in [6.45, 7) is 2.46. The smallest absolute Gasteiger partial charge is 0.272 e. The highest BCUT2D eigenvalue weighted by Crippen LogP contribution is 2.25. The highest BCUT2D eigenvalue weighted by atomic mass is 16.1. The lowest BCUT2D eigenvalue weighted by Crippen LogP contribution is -2.20. The predicted molar refractivity (Wildman–Crippen MR) is 108 cm³/mol. The van der Waals surface area contributed by atoms with Gasteiger partial charge in [-0.25, -0.2) is 0 Å². The number of carbonyl (C=O) groups is 1. The molecule has 2 heterocycles. The van der Waals surface area contributed by atoms with Gasteiger partial charge >= 0.3 is 0 Å². The topological polar surface area (TPSA) is 77.8 Å². The number of pyridine rings is 1. The number of carbonyl (C=O) groups excluding carboxylic acids is 1. The molecule has 134 valence electrons. The molecule has 2 aromatic carbocycles. The molecule has 0 fully saturated rings. The summed E-state index contributed by atoms with van der Waals surface area (Å²) in [6.07, 6.45) is 5.13. The molecule has 1 amide bonds. The Morgan fingerprint density at radius 2 is 1.96 bits per heavy atom. The van der Waals surface area contributed by atoms with E-state index in [1.54, 1.807) is 6.08 Å². The van der Waals surface area contributed by atoms with Gasteiger partial charge in [-0.15, -0.1) is 0 Å². The first-order valence-electron chi connectivity index (χ1n) is 8.75. The van der Waals surface area contributed by atoms with Crippen LogP contribution in [0, 0.1) is 6.92 Å². The van der Waals surface area contributed by atoms with E-state index < -0.39 is 0 Å². The molecule has 0 radical (unpaired) electrons. The predicted octanol–water partition coefficient (Wildman–Crippen LogP) is 3.65. The van der Waals surface area contributed by atoms with Gasteiger partial charge in [0.05, 0.1) is 0 Å². The van der Waals surface area contributed by atoms with E-state index >= 15 is 0 Å². The number of aromatic amines is 2. The maximum atomic E-state index is 12.1. The summed E-state index contributed by atoms with van der Waals surface area (Å²) in [5, 5.41) is 4.74. The number of hydrogen-bond donors (Lipinski definition) is 3. The van der Waals surface area contributed by atoms with Crippen LogP contribution in [0.15, 0.2) is 65.6 Å². The van der Waals surface area contributed by atoms with Crippen molar-refractivity contribution in [2.24, 2.45) is 0 Å². The number of nitrogens with one attached hydrogen (secondary N) is 3. The summed E-state index contributed by atoms with van der Waals surface area (Å²) >= 11 is 0. The Morgan fingerprint density at radius 3 is 2.78 bits per heavy atom. The van der Waals surface area contributed by atoms with Crippen molar-refractivity contribution >= 4 is 33.8 Å². The molecular formula is C22H19N3O2. The lowest BCUT2D eigenvalue weighted by molar-refractivity contribution is -0.116. The highest BCUT2D eigenvalue weighted by Gasteiger charge is 2.09. The molecule has 5 heteroatoms. The molecule has 4 aromatic rings. The Hall–Kier alpha value is -3.60. The Labute approximate surface area is 155 Å². The molecule has 5 nitrogen and oxygen atoms in total. The van der Waals surface area contributed by atoms with E-state index in [4.69, 9.17) is 0 Å². The van der Waals surface area contributed by atoms with Gasteiger partial charge in [0.1, 0.15) is 5.52 Å². The van der Waals surface area contributed by atoms with Crippen LogP contribution in [0.2, 0.25) is 0 Å². The van der Waals surface area contributed by atoms with Gasteiger partial charge < -0.3 is 15.3 Å². The van der Waals surface area contributed by atoms with Crippen LogP contribution in [-0.4, -0.2) is 15.9 Å². The molecule has 0 aliphatic carbocycles. The second-order valence-corrected chi connectivity index (χ2v) is 6.52. The molecular weight excluding hydrogens is 338 g/mol. The first kappa shape index (κ1) is 16.8. The Bertz CT molecular complexity index is 1220. The number of aryl methyl sites for hydroxylation is 1. The monoisotopic (exact) mass is 357 g/mol. The lowest BCUT2D eigenvalue weighted by atomic mass is 10.1. The number of aromatic nitrogens is 2. The van der Waals surface area contributed by atoms with Crippen molar-refractivity contribution in [1.82, 2.24) is 15.3 Å². The number of amides is 1. The van der Waals surface area contributed by atoms with Crippen LogP contribution in [0.5, 0.6) is 0 Å². The van der Waals surface area contributed by atoms with E-state index in [2.05, 4.69) is 15.3 Å². The minimum Gasteiger partial charge on any atom is -0.356 e. The van der Waals surface area contributed by atoms with Crippen LogP contribution in [0.3, 0.4) is 0 Å². The van der Waals surface area contributed by atoms with Crippen molar-refractivity contribution in [3.05, 3.63) is 87.8 Å². The van der Waals surface area contributed by atoms with Gasteiger partial charge in [-0.05, 0) is 41.8 Å². The summed E-state index contributed by atoms with van der Waals surface area (Å²) in [4.78, 5) is 30.1. The van der Waals surface area contributed by atoms with Gasteiger partial charge in [-0.1, -0.05) is 36.4 Å². The molecule has 0 atom stereocenters. The number of rotatable bonds is 4. The molecule has 0 saturated carbocycles. The van der Waals surface area contributed by atoms with E-state index in [0.29, 0.717) is 12.1 Å². The fourth-order valence-corrected chi connectivity index (χ4v) is 3.23.